The summed E-state index contributed by atoms with van der Waals surface area (Å²) >= 11 is 0. The lowest BCUT2D eigenvalue weighted by molar-refractivity contribution is -0.134. The van der Waals surface area contributed by atoms with Crippen molar-refractivity contribution in [2.75, 3.05) is 13.7 Å². The highest BCUT2D eigenvalue weighted by molar-refractivity contribution is 5.77. The molecular formula is C23H32N2O2. The molecule has 1 aliphatic heterocycles. The lowest BCUT2D eigenvalue weighted by Gasteiger charge is -2.37. The van der Waals surface area contributed by atoms with Crippen LogP contribution < -0.4 is 4.74 Å². The zero-order valence-electron chi connectivity index (χ0n) is 16.7. The van der Waals surface area contributed by atoms with E-state index in [9.17, 15) is 4.79 Å². The zero-order valence-corrected chi connectivity index (χ0v) is 16.7. The van der Waals surface area contributed by atoms with Gasteiger partial charge in [0, 0.05) is 31.4 Å². The summed E-state index contributed by atoms with van der Waals surface area (Å²) in [6, 6.07) is 12.3. The van der Waals surface area contributed by atoms with E-state index in [4.69, 9.17) is 4.74 Å². The average Bonchev–Trinajstić information content (AvgIpc) is 3.18. The molecule has 4 nitrogen and oxygen atoms in total. The van der Waals surface area contributed by atoms with Gasteiger partial charge in [-0.25, -0.2) is 0 Å². The van der Waals surface area contributed by atoms with Crippen molar-refractivity contribution < 1.29 is 9.53 Å². The molecule has 1 aromatic carbocycles. The van der Waals surface area contributed by atoms with Gasteiger partial charge >= 0.3 is 0 Å². The molecule has 3 rings (SSSR count). The average molecular weight is 369 g/mol. The fraction of sp³-hybridized carbons (Fsp3) is 0.522. The van der Waals surface area contributed by atoms with E-state index in [0.29, 0.717) is 6.42 Å². The predicted octanol–water partition coefficient (Wildman–Crippen LogP) is 5.18. The van der Waals surface area contributed by atoms with Gasteiger partial charge in [0.1, 0.15) is 5.75 Å². The van der Waals surface area contributed by atoms with Gasteiger partial charge in [-0.15, -0.1) is 0 Å². The Labute approximate surface area is 163 Å². The van der Waals surface area contributed by atoms with Crippen LogP contribution in [0, 0.1) is 0 Å². The molecule has 0 bridgehead atoms. The van der Waals surface area contributed by atoms with Crippen LogP contribution in [0.3, 0.4) is 0 Å². The molecule has 2 heterocycles. The van der Waals surface area contributed by atoms with Gasteiger partial charge in [-0.3, -0.25) is 4.79 Å². The molecule has 4 heteroatoms. The van der Waals surface area contributed by atoms with Crippen molar-refractivity contribution in [3.8, 4) is 5.75 Å². The number of methoxy groups -OCH3 is 1. The van der Waals surface area contributed by atoms with Crippen molar-refractivity contribution in [1.29, 1.82) is 0 Å². The van der Waals surface area contributed by atoms with Gasteiger partial charge in [-0.05, 0) is 36.2 Å². The second kappa shape index (κ2) is 9.63. The highest BCUT2D eigenvalue weighted by Gasteiger charge is 2.31. The first-order valence-electron chi connectivity index (χ1n) is 10.3. The van der Waals surface area contributed by atoms with Crippen molar-refractivity contribution in [2.24, 2.45) is 0 Å². The molecule has 1 aliphatic rings. The van der Waals surface area contributed by atoms with Crippen LogP contribution in [0.4, 0.5) is 0 Å². The van der Waals surface area contributed by atoms with Crippen LogP contribution >= 0.6 is 0 Å². The molecule has 0 saturated carbocycles. The van der Waals surface area contributed by atoms with Crippen molar-refractivity contribution in [1.82, 2.24) is 9.47 Å². The molecule has 27 heavy (non-hydrogen) atoms. The maximum absolute atomic E-state index is 13.0. The molecule has 0 radical (unpaired) electrons. The number of ether oxygens (including phenoxy) is 1. The number of hydrogen-bond acceptors (Lipinski definition) is 2. The third-order valence-corrected chi connectivity index (χ3v) is 5.51. The van der Waals surface area contributed by atoms with E-state index in [-0.39, 0.29) is 11.9 Å². The Hall–Kier alpha value is -2.23. The Morgan fingerprint density at radius 1 is 1.07 bits per heavy atom. The van der Waals surface area contributed by atoms with E-state index < -0.39 is 0 Å². The van der Waals surface area contributed by atoms with Gasteiger partial charge < -0.3 is 14.2 Å². The van der Waals surface area contributed by atoms with Crippen LogP contribution in [-0.2, 0) is 11.3 Å². The zero-order chi connectivity index (χ0) is 19.1. The smallest absolute Gasteiger partial charge is 0.223 e. The first kappa shape index (κ1) is 19.5. The number of amides is 1. The number of carbonyl (C=O) groups is 1. The summed E-state index contributed by atoms with van der Waals surface area (Å²) in [4.78, 5) is 15.1. The number of unbranched alkanes of at least 4 members (excludes halogenated alkanes) is 5. The highest BCUT2D eigenvalue weighted by atomic mass is 16.5. The molecule has 1 atom stereocenters. The Bertz CT molecular complexity index is 737. The fourth-order valence-corrected chi connectivity index (χ4v) is 4.01. The van der Waals surface area contributed by atoms with Gasteiger partial charge in [-0.1, -0.05) is 51.2 Å². The molecule has 0 saturated heterocycles. The summed E-state index contributed by atoms with van der Waals surface area (Å²) in [5.74, 6) is 1.10. The van der Waals surface area contributed by atoms with Crippen molar-refractivity contribution >= 4 is 5.91 Å². The maximum Gasteiger partial charge on any atom is 0.223 e. The molecular weight excluding hydrogens is 336 g/mol. The summed E-state index contributed by atoms with van der Waals surface area (Å²) in [6.07, 6.45) is 9.98. The van der Waals surface area contributed by atoms with Crippen molar-refractivity contribution in [3.63, 3.8) is 0 Å². The minimum atomic E-state index is -0.0311. The van der Waals surface area contributed by atoms with E-state index in [2.05, 4.69) is 46.9 Å². The van der Waals surface area contributed by atoms with Gasteiger partial charge in [-0.2, -0.15) is 0 Å². The van der Waals surface area contributed by atoms with Crippen LogP contribution in [0.5, 0.6) is 5.75 Å². The summed E-state index contributed by atoms with van der Waals surface area (Å²) < 4.78 is 7.67. The Morgan fingerprint density at radius 2 is 1.89 bits per heavy atom. The van der Waals surface area contributed by atoms with E-state index in [1.54, 1.807) is 7.11 Å². The molecule has 2 aromatic rings. The third kappa shape index (κ3) is 4.74. The molecule has 0 unspecified atom stereocenters. The van der Waals surface area contributed by atoms with Gasteiger partial charge in [0.15, 0.2) is 0 Å². The summed E-state index contributed by atoms with van der Waals surface area (Å²) in [6.45, 7) is 3.86. The van der Waals surface area contributed by atoms with E-state index >= 15 is 0 Å². The SMILES string of the molecule is CCCCCCCCC(=O)N1CCn2cccc2[C@H]1c1cccc(OC)c1. The molecule has 0 N–H and O–H groups in total. The Morgan fingerprint density at radius 3 is 2.70 bits per heavy atom. The molecule has 1 aromatic heterocycles. The normalized spacial score (nSPS) is 16.2. The summed E-state index contributed by atoms with van der Waals surface area (Å²) in [5.41, 5.74) is 2.30. The molecule has 1 amide bonds. The standard InChI is InChI=1S/C23H32N2O2/c1-3-4-5-6-7-8-14-22(26)25-17-16-24-15-10-13-21(24)23(25)19-11-9-12-20(18-19)27-2/h9-13,15,18,23H,3-8,14,16-17H2,1-2H3/t23-/m1/s1. The molecule has 0 aliphatic carbocycles. The number of rotatable bonds is 9. The second-order valence-electron chi connectivity index (χ2n) is 7.41. The van der Waals surface area contributed by atoms with Crippen LogP contribution in [0.15, 0.2) is 42.6 Å². The largest absolute Gasteiger partial charge is 0.497 e. The Balaban J connectivity index is 1.72. The third-order valence-electron chi connectivity index (χ3n) is 5.51. The lowest BCUT2D eigenvalue weighted by atomic mass is 9.98. The fourth-order valence-electron chi connectivity index (χ4n) is 4.01. The number of aromatic nitrogens is 1. The van der Waals surface area contributed by atoms with Gasteiger partial charge in [0.25, 0.3) is 0 Å². The molecule has 0 fully saturated rings. The first-order chi connectivity index (χ1) is 13.2. The van der Waals surface area contributed by atoms with Crippen molar-refractivity contribution in [3.05, 3.63) is 53.9 Å². The number of carbonyl (C=O) groups excluding carboxylic acids is 1. The Kier molecular flexibility index (Phi) is 6.97. The lowest BCUT2D eigenvalue weighted by Crippen LogP contribution is -2.42. The van der Waals surface area contributed by atoms with Crippen LogP contribution in [0.25, 0.3) is 0 Å². The van der Waals surface area contributed by atoms with Gasteiger partial charge in [0.05, 0.1) is 13.2 Å². The minimum absolute atomic E-state index is 0.0311. The number of fused-ring (bicyclic) bond motifs is 1. The summed E-state index contributed by atoms with van der Waals surface area (Å²) in [5, 5.41) is 0. The second-order valence-corrected chi connectivity index (χ2v) is 7.41. The number of hydrogen-bond donors (Lipinski definition) is 0. The van der Waals surface area contributed by atoms with Crippen LogP contribution in [-0.4, -0.2) is 29.0 Å². The predicted molar refractivity (Wildman–Crippen MR) is 109 cm³/mol. The topological polar surface area (TPSA) is 34.5 Å². The maximum atomic E-state index is 13.0. The van der Waals surface area contributed by atoms with Gasteiger partial charge in [0.2, 0.25) is 5.91 Å². The molecule has 0 spiro atoms. The quantitative estimate of drug-likeness (QED) is 0.572. The van der Waals surface area contributed by atoms with Crippen LogP contribution in [0.2, 0.25) is 0 Å². The van der Waals surface area contributed by atoms with Crippen molar-refractivity contribution in [2.45, 2.75) is 64.5 Å². The number of nitrogens with zero attached hydrogens (tertiary/aromatic N) is 2. The monoisotopic (exact) mass is 368 g/mol. The molecule has 146 valence electrons. The summed E-state index contributed by atoms with van der Waals surface area (Å²) in [7, 11) is 1.68. The minimum Gasteiger partial charge on any atom is -0.497 e. The van der Waals surface area contributed by atoms with E-state index in [1.165, 1.54) is 31.4 Å². The van der Waals surface area contributed by atoms with Crippen LogP contribution in [0.1, 0.15) is 69.2 Å². The first-order valence-corrected chi connectivity index (χ1v) is 10.3. The van der Waals surface area contributed by atoms with E-state index in [0.717, 1.165) is 37.2 Å². The van der Waals surface area contributed by atoms with E-state index in [1.807, 2.05) is 12.1 Å². The highest BCUT2D eigenvalue weighted by Crippen LogP contribution is 2.34. The number of benzene rings is 1.